The summed E-state index contributed by atoms with van der Waals surface area (Å²) in [5, 5.41) is 8.53. The zero-order valence-corrected chi connectivity index (χ0v) is 14.8. The minimum atomic E-state index is -0.684. The van der Waals surface area contributed by atoms with Gasteiger partial charge in [-0.25, -0.2) is 0 Å². The van der Waals surface area contributed by atoms with E-state index in [1.807, 2.05) is 12.2 Å². The predicted octanol–water partition coefficient (Wildman–Crippen LogP) is 5.84. The largest absolute Gasteiger partial charge is 0.481 e. The highest BCUT2D eigenvalue weighted by Crippen LogP contribution is 2.10. The summed E-state index contributed by atoms with van der Waals surface area (Å²) in [7, 11) is 0. The molecule has 132 valence electrons. The number of Topliss-reactive ketones (excluding diaryl/α,β-unsaturated/α-hetero) is 1. The number of carbonyl (C=O) groups excluding carboxylic acids is 1. The molecule has 0 saturated heterocycles. The van der Waals surface area contributed by atoms with Crippen LogP contribution in [-0.4, -0.2) is 16.9 Å². The van der Waals surface area contributed by atoms with Gasteiger partial charge in [0.25, 0.3) is 0 Å². The van der Waals surface area contributed by atoms with E-state index < -0.39 is 5.97 Å². The molecule has 0 radical (unpaired) electrons. The summed E-state index contributed by atoms with van der Waals surface area (Å²) in [5.74, 6) is -0.363. The highest BCUT2D eigenvalue weighted by atomic mass is 16.4. The van der Waals surface area contributed by atoms with Crippen molar-refractivity contribution >= 4 is 11.8 Å². The molecule has 0 aromatic rings. The third-order valence-electron chi connectivity index (χ3n) is 3.77. The highest BCUT2D eigenvalue weighted by molar-refractivity contribution is 5.79. The van der Waals surface area contributed by atoms with Gasteiger partial charge in [0.05, 0.1) is 0 Å². The lowest BCUT2D eigenvalue weighted by Crippen LogP contribution is -1.93. The van der Waals surface area contributed by atoms with Gasteiger partial charge >= 0.3 is 5.97 Å². The Balaban J connectivity index is 3.27. The maximum atomic E-state index is 11.5. The molecular formula is C20H34O3. The Morgan fingerprint density at radius 1 is 0.739 bits per heavy atom. The van der Waals surface area contributed by atoms with Crippen LogP contribution in [0.4, 0.5) is 0 Å². The Morgan fingerprint density at radius 2 is 1.35 bits per heavy atom. The van der Waals surface area contributed by atoms with Gasteiger partial charge in [0.2, 0.25) is 0 Å². The number of hydrogen-bond donors (Lipinski definition) is 1. The Bertz CT molecular complexity index is 356. The number of unbranched alkanes of at least 4 members (excludes halogenated alkanes) is 7. The first-order valence-electron chi connectivity index (χ1n) is 9.20. The van der Waals surface area contributed by atoms with Gasteiger partial charge in [-0.3, -0.25) is 9.59 Å². The molecule has 0 saturated carbocycles. The quantitative estimate of drug-likeness (QED) is 0.287. The number of rotatable bonds is 16. The SMILES string of the molecule is CC/C=C\CC(=O)CC/C=C\CCCCCCCCCC(=O)O. The number of ketones is 1. The van der Waals surface area contributed by atoms with Crippen LogP contribution in [0.3, 0.4) is 0 Å². The van der Waals surface area contributed by atoms with E-state index in [9.17, 15) is 9.59 Å². The Morgan fingerprint density at radius 3 is 2.00 bits per heavy atom. The second kappa shape index (κ2) is 17.0. The molecule has 3 nitrogen and oxygen atoms in total. The fourth-order valence-corrected chi connectivity index (χ4v) is 2.39. The topological polar surface area (TPSA) is 54.4 Å². The summed E-state index contributed by atoms with van der Waals surface area (Å²) >= 11 is 0. The molecule has 0 aliphatic rings. The van der Waals surface area contributed by atoms with Crippen LogP contribution in [0.1, 0.15) is 90.4 Å². The van der Waals surface area contributed by atoms with E-state index in [0.717, 1.165) is 38.5 Å². The molecule has 0 aromatic carbocycles. The monoisotopic (exact) mass is 322 g/mol. The number of aliphatic carboxylic acids is 1. The molecule has 0 atom stereocenters. The summed E-state index contributed by atoms with van der Waals surface area (Å²) in [5.41, 5.74) is 0. The molecule has 0 unspecified atom stereocenters. The first-order valence-corrected chi connectivity index (χ1v) is 9.20. The maximum Gasteiger partial charge on any atom is 0.303 e. The van der Waals surface area contributed by atoms with Crippen LogP contribution in [0.25, 0.3) is 0 Å². The van der Waals surface area contributed by atoms with Gasteiger partial charge in [0, 0.05) is 19.3 Å². The molecule has 23 heavy (non-hydrogen) atoms. The standard InChI is InChI=1S/C20H34O3/c1-2-3-13-16-19(21)17-14-11-9-7-5-4-6-8-10-12-15-18-20(22)23/h3,9,11,13H,2,4-8,10,12,14-18H2,1H3,(H,22,23)/b11-9-,13-3-. The van der Waals surface area contributed by atoms with Gasteiger partial charge in [-0.2, -0.15) is 0 Å². The number of carboxylic acid groups (broad SMARTS) is 1. The van der Waals surface area contributed by atoms with Gasteiger partial charge in [-0.1, -0.05) is 63.3 Å². The summed E-state index contributed by atoms with van der Waals surface area (Å²) in [6.45, 7) is 2.07. The second-order valence-corrected chi connectivity index (χ2v) is 6.04. The van der Waals surface area contributed by atoms with Crippen LogP contribution in [0.2, 0.25) is 0 Å². The minimum Gasteiger partial charge on any atom is -0.481 e. The number of allylic oxidation sites excluding steroid dienone is 4. The Kier molecular flexibility index (Phi) is 16.0. The summed E-state index contributed by atoms with van der Waals surface area (Å²) in [6, 6.07) is 0. The van der Waals surface area contributed by atoms with Gasteiger partial charge in [-0.15, -0.1) is 0 Å². The summed E-state index contributed by atoms with van der Waals surface area (Å²) < 4.78 is 0. The van der Waals surface area contributed by atoms with Crippen LogP contribution in [0.15, 0.2) is 24.3 Å². The average molecular weight is 322 g/mol. The number of carbonyl (C=O) groups is 2. The fourth-order valence-electron chi connectivity index (χ4n) is 2.39. The molecule has 0 aromatic heterocycles. The van der Waals surface area contributed by atoms with Crippen LogP contribution < -0.4 is 0 Å². The lowest BCUT2D eigenvalue weighted by Gasteiger charge is -2.00. The predicted molar refractivity (Wildman–Crippen MR) is 96.6 cm³/mol. The lowest BCUT2D eigenvalue weighted by atomic mass is 10.1. The van der Waals surface area contributed by atoms with E-state index >= 15 is 0 Å². The van der Waals surface area contributed by atoms with Crippen LogP contribution >= 0.6 is 0 Å². The molecule has 0 rings (SSSR count). The van der Waals surface area contributed by atoms with Crippen molar-refractivity contribution in [3.8, 4) is 0 Å². The van der Waals surface area contributed by atoms with E-state index in [2.05, 4.69) is 19.1 Å². The van der Waals surface area contributed by atoms with Crippen LogP contribution in [-0.2, 0) is 9.59 Å². The first kappa shape index (κ1) is 21.6. The molecule has 3 heteroatoms. The molecular weight excluding hydrogens is 288 g/mol. The van der Waals surface area contributed by atoms with Gasteiger partial charge in [0.15, 0.2) is 0 Å². The third kappa shape index (κ3) is 18.6. The van der Waals surface area contributed by atoms with E-state index in [4.69, 9.17) is 5.11 Å². The lowest BCUT2D eigenvalue weighted by molar-refractivity contribution is -0.137. The maximum absolute atomic E-state index is 11.5. The van der Waals surface area contributed by atoms with E-state index in [1.165, 1.54) is 25.7 Å². The summed E-state index contributed by atoms with van der Waals surface area (Å²) in [6.07, 6.45) is 20.7. The molecule has 0 fully saturated rings. The third-order valence-corrected chi connectivity index (χ3v) is 3.77. The van der Waals surface area contributed by atoms with Crippen molar-refractivity contribution in [3.05, 3.63) is 24.3 Å². The van der Waals surface area contributed by atoms with E-state index in [1.54, 1.807) is 0 Å². The first-order chi connectivity index (χ1) is 11.2. The van der Waals surface area contributed by atoms with Gasteiger partial charge in [-0.05, 0) is 32.1 Å². The minimum absolute atomic E-state index is 0.308. The number of hydrogen-bond acceptors (Lipinski definition) is 2. The molecule has 1 N–H and O–H groups in total. The zero-order chi connectivity index (χ0) is 17.2. The van der Waals surface area contributed by atoms with Crippen LogP contribution in [0, 0.1) is 0 Å². The van der Waals surface area contributed by atoms with E-state index in [-0.39, 0.29) is 0 Å². The van der Waals surface area contributed by atoms with Crippen molar-refractivity contribution in [3.63, 3.8) is 0 Å². The Labute approximate surface area is 141 Å². The molecule has 0 aliphatic carbocycles. The normalized spacial score (nSPS) is 11.5. The van der Waals surface area contributed by atoms with Crippen molar-refractivity contribution < 1.29 is 14.7 Å². The molecule has 0 spiro atoms. The second-order valence-electron chi connectivity index (χ2n) is 6.04. The molecule has 0 heterocycles. The van der Waals surface area contributed by atoms with Gasteiger partial charge in [0.1, 0.15) is 5.78 Å². The average Bonchev–Trinajstić information content (AvgIpc) is 2.51. The zero-order valence-electron chi connectivity index (χ0n) is 14.8. The van der Waals surface area contributed by atoms with E-state index in [0.29, 0.717) is 25.0 Å². The molecule has 0 bridgehead atoms. The highest BCUT2D eigenvalue weighted by Gasteiger charge is 1.97. The smallest absolute Gasteiger partial charge is 0.303 e. The van der Waals surface area contributed by atoms with Crippen LogP contribution in [0.5, 0.6) is 0 Å². The van der Waals surface area contributed by atoms with Crippen molar-refractivity contribution in [1.29, 1.82) is 0 Å². The van der Waals surface area contributed by atoms with Crippen molar-refractivity contribution in [2.75, 3.05) is 0 Å². The molecule has 0 amide bonds. The van der Waals surface area contributed by atoms with Gasteiger partial charge < -0.3 is 5.11 Å². The van der Waals surface area contributed by atoms with Crippen molar-refractivity contribution in [1.82, 2.24) is 0 Å². The van der Waals surface area contributed by atoms with Crippen molar-refractivity contribution in [2.24, 2.45) is 0 Å². The summed E-state index contributed by atoms with van der Waals surface area (Å²) in [4.78, 5) is 21.9. The fraction of sp³-hybridized carbons (Fsp3) is 0.700. The van der Waals surface area contributed by atoms with Crippen molar-refractivity contribution in [2.45, 2.75) is 90.4 Å². The molecule has 0 aliphatic heterocycles. The Hall–Kier alpha value is -1.38. The number of carboxylic acids is 1.